The van der Waals surface area contributed by atoms with E-state index in [4.69, 9.17) is 11.6 Å². The van der Waals surface area contributed by atoms with Crippen LogP contribution >= 0.6 is 11.6 Å². The molecular weight excluding hydrogens is 388 g/mol. The number of aryl methyl sites for hydroxylation is 1. The first kappa shape index (κ1) is 19.2. The second kappa shape index (κ2) is 7.36. The molecule has 2 aromatic heterocycles. The van der Waals surface area contributed by atoms with Gasteiger partial charge < -0.3 is 10.0 Å². The monoisotopic (exact) mass is 406 g/mol. The number of carbonyl (C=O) groups excluding carboxylic acids is 1. The van der Waals surface area contributed by atoms with Gasteiger partial charge in [0.1, 0.15) is 5.15 Å². The van der Waals surface area contributed by atoms with E-state index in [2.05, 4.69) is 21.9 Å². The molecule has 7 heteroatoms. The van der Waals surface area contributed by atoms with Crippen LogP contribution in [0.2, 0.25) is 5.15 Å². The fourth-order valence-corrected chi connectivity index (χ4v) is 3.50. The molecule has 0 saturated carbocycles. The van der Waals surface area contributed by atoms with Crippen molar-refractivity contribution in [3.63, 3.8) is 0 Å². The van der Waals surface area contributed by atoms with Crippen LogP contribution in [-0.2, 0) is 4.79 Å². The predicted octanol–water partition coefficient (Wildman–Crippen LogP) is 2.84. The summed E-state index contributed by atoms with van der Waals surface area (Å²) in [5, 5.41) is 15.2. The van der Waals surface area contributed by atoms with Crippen molar-refractivity contribution in [3.05, 3.63) is 65.1 Å². The SMILES string of the molecule is Cc1ccnn1-c1cc(Cl)nc(-c2cccc(C#CC3(O)CCN(C)C3=O)c2)c1. The minimum absolute atomic E-state index is 0.303. The first-order chi connectivity index (χ1) is 13.9. The van der Waals surface area contributed by atoms with Crippen LogP contribution in [0.15, 0.2) is 48.7 Å². The number of amides is 1. The van der Waals surface area contributed by atoms with Crippen LogP contribution < -0.4 is 0 Å². The number of nitrogens with zero attached hydrogens (tertiary/aromatic N) is 4. The van der Waals surface area contributed by atoms with Gasteiger partial charge in [-0.05, 0) is 31.2 Å². The van der Waals surface area contributed by atoms with E-state index in [0.29, 0.717) is 29.4 Å². The van der Waals surface area contributed by atoms with E-state index in [1.54, 1.807) is 24.0 Å². The normalized spacial score (nSPS) is 18.6. The Morgan fingerprint density at radius 1 is 1.24 bits per heavy atom. The van der Waals surface area contributed by atoms with E-state index in [0.717, 1.165) is 16.9 Å². The number of likely N-dealkylation sites (N-methyl/N-ethyl adjacent to an activating group) is 1. The van der Waals surface area contributed by atoms with Gasteiger partial charge in [-0.25, -0.2) is 9.67 Å². The zero-order valence-electron chi connectivity index (χ0n) is 16.1. The fourth-order valence-electron chi connectivity index (χ4n) is 3.29. The molecule has 1 saturated heterocycles. The molecule has 1 amide bonds. The average molecular weight is 407 g/mol. The molecule has 0 bridgehead atoms. The molecule has 1 N–H and O–H groups in total. The maximum Gasteiger partial charge on any atom is 0.267 e. The van der Waals surface area contributed by atoms with Crippen molar-refractivity contribution >= 4 is 17.5 Å². The summed E-state index contributed by atoms with van der Waals surface area (Å²) in [6, 6.07) is 13.0. The molecule has 1 aliphatic heterocycles. The molecular formula is C22H19ClN4O2. The van der Waals surface area contributed by atoms with Crippen LogP contribution in [0.5, 0.6) is 0 Å². The summed E-state index contributed by atoms with van der Waals surface area (Å²) in [6.45, 7) is 2.45. The van der Waals surface area contributed by atoms with Crippen LogP contribution in [-0.4, -0.2) is 49.9 Å². The van der Waals surface area contributed by atoms with Gasteiger partial charge in [-0.3, -0.25) is 4.79 Å². The van der Waals surface area contributed by atoms with Crippen molar-refractivity contribution in [1.82, 2.24) is 19.7 Å². The summed E-state index contributed by atoms with van der Waals surface area (Å²) in [4.78, 5) is 18.0. The zero-order chi connectivity index (χ0) is 20.6. The second-order valence-electron chi connectivity index (χ2n) is 7.09. The Kier molecular flexibility index (Phi) is 4.87. The lowest BCUT2D eigenvalue weighted by molar-refractivity contribution is -0.137. The summed E-state index contributed by atoms with van der Waals surface area (Å²) in [5.74, 6) is 5.30. The molecule has 4 rings (SSSR count). The molecule has 0 radical (unpaired) electrons. The molecule has 1 aliphatic rings. The maximum absolute atomic E-state index is 12.1. The number of hydrogen-bond acceptors (Lipinski definition) is 4. The van der Waals surface area contributed by atoms with Gasteiger partial charge in [0.15, 0.2) is 0 Å². The fraction of sp³-hybridized carbons (Fsp3) is 0.227. The van der Waals surface area contributed by atoms with Gasteiger partial charge in [0.25, 0.3) is 5.91 Å². The minimum Gasteiger partial charge on any atom is -0.369 e. The third-order valence-corrected chi connectivity index (χ3v) is 5.13. The van der Waals surface area contributed by atoms with Crippen molar-refractivity contribution in [3.8, 4) is 28.8 Å². The molecule has 1 fully saturated rings. The Labute approximate surface area is 173 Å². The van der Waals surface area contributed by atoms with Gasteiger partial charge in [0, 0.05) is 49.1 Å². The van der Waals surface area contributed by atoms with E-state index in [1.807, 2.05) is 43.3 Å². The third-order valence-electron chi connectivity index (χ3n) is 4.94. The molecule has 1 unspecified atom stereocenters. The van der Waals surface area contributed by atoms with Crippen molar-refractivity contribution in [2.45, 2.75) is 18.9 Å². The summed E-state index contributed by atoms with van der Waals surface area (Å²) in [6.07, 6.45) is 2.03. The summed E-state index contributed by atoms with van der Waals surface area (Å²) >= 11 is 6.25. The molecule has 1 aromatic carbocycles. The molecule has 6 nitrogen and oxygen atoms in total. The Hall–Kier alpha value is -3.14. The Morgan fingerprint density at radius 2 is 2.07 bits per heavy atom. The van der Waals surface area contributed by atoms with Crippen molar-refractivity contribution in [1.29, 1.82) is 0 Å². The molecule has 0 aliphatic carbocycles. The lowest BCUT2D eigenvalue weighted by atomic mass is 10.0. The Morgan fingerprint density at radius 3 is 2.76 bits per heavy atom. The quantitative estimate of drug-likeness (QED) is 0.524. The topological polar surface area (TPSA) is 71.2 Å². The largest absolute Gasteiger partial charge is 0.369 e. The Bertz CT molecular complexity index is 1160. The number of rotatable bonds is 2. The number of halogens is 1. The van der Waals surface area contributed by atoms with Crippen LogP contribution in [0.25, 0.3) is 16.9 Å². The van der Waals surface area contributed by atoms with E-state index in [1.165, 1.54) is 4.90 Å². The highest BCUT2D eigenvalue weighted by atomic mass is 35.5. The van der Waals surface area contributed by atoms with Gasteiger partial charge in [-0.15, -0.1) is 0 Å². The summed E-state index contributed by atoms with van der Waals surface area (Å²) < 4.78 is 1.79. The molecule has 0 spiro atoms. The van der Waals surface area contributed by atoms with Crippen LogP contribution in [0.3, 0.4) is 0 Å². The van der Waals surface area contributed by atoms with E-state index < -0.39 is 5.60 Å². The number of hydrogen-bond donors (Lipinski definition) is 1. The highest BCUT2D eigenvalue weighted by Crippen LogP contribution is 2.25. The average Bonchev–Trinajstić information content (AvgIpc) is 3.25. The molecule has 29 heavy (non-hydrogen) atoms. The first-order valence-corrected chi connectivity index (χ1v) is 9.54. The van der Waals surface area contributed by atoms with E-state index >= 15 is 0 Å². The number of benzene rings is 1. The number of aromatic nitrogens is 3. The number of pyridine rings is 1. The van der Waals surface area contributed by atoms with Gasteiger partial charge in [-0.2, -0.15) is 5.10 Å². The highest BCUT2D eigenvalue weighted by Gasteiger charge is 2.42. The van der Waals surface area contributed by atoms with E-state index in [9.17, 15) is 9.90 Å². The smallest absolute Gasteiger partial charge is 0.267 e. The van der Waals surface area contributed by atoms with Crippen molar-refractivity contribution in [2.75, 3.05) is 13.6 Å². The Balaban J connectivity index is 1.69. The number of carbonyl (C=O) groups is 1. The van der Waals surface area contributed by atoms with Crippen LogP contribution in [0, 0.1) is 18.8 Å². The minimum atomic E-state index is -1.62. The van der Waals surface area contributed by atoms with Crippen molar-refractivity contribution in [2.24, 2.45) is 0 Å². The molecule has 146 valence electrons. The summed E-state index contributed by atoms with van der Waals surface area (Å²) in [7, 11) is 1.66. The molecule has 1 atom stereocenters. The van der Waals surface area contributed by atoms with Crippen molar-refractivity contribution < 1.29 is 9.90 Å². The maximum atomic E-state index is 12.1. The standard InChI is InChI=1S/C22H19ClN4O2/c1-15-7-10-24-27(15)18-13-19(25-20(23)14-18)17-5-3-4-16(12-17)6-8-22(29)9-11-26(2)21(22)28/h3-5,7,10,12-14,29H,9,11H2,1-2H3. The first-order valence-electron chi connectivity index (χ1n) is 9.16. The second-order valence-corrected chi connectivity index (χ2v) is 7.47. The number of aliphatic hydroxyl groups is 1. The molecule has 3 heterocycles. The highest BCUT2D eigenvalue weighted by molar-refractivity contribution is 6.29. The van der Waals surface area contributed by atoms with Gasteiger partial charge >= 0.3 is 0 Å². The van der Waals surface area contributed by atoms with Crippen LogP contribution in [0.1, 0.15) is 17.7 Å². The summed E-state index contributed by atoms with van der Waals surface area (Å²) in [5.41, 5.74) is 2.36. The van der Waals surface area contributed by atoms with Crippen LogP contribution in [0.4, 0.5) is 0 Å². The third kappa shape index (κ3) is 3.75. The van der Waals surface area contributed by atoms with Gasteiger partial charge in [0.2, 0.25) is 5.60 Å². The zero-order valence-corrected chi connectivity index (χ0v) is 16.8. The number of likely N-dealkylation sites (tertiary alicyclic amines) is 1. The lowest BCUT2D eigenvalue weighted by Gasteiger charge is -2.13. The van der Waals surface area contributed by atoms with Gasteiger partial charge in [-0.1, -0.05) is 35.6 Å². The molecule has 3 aromatic rings. The van der Waals surface area contributed by atoms with Gasteiger partial charge in [0.05, 0.1) is 11.4 Å². The van der Waals surface area contributed by atoms with E-state index in [-0.39, 0.29) is 5.91 Å². The lowest BCUT2D eigenvalue weighted by Crippen LogP contribution is -2.37. The predicted molar refractivity (Wildman–Crippen MR) is 111 cm³/mol.